The third-order valence-electron chi connectivity index (χ3n) is 4.81. The number of piperazine rings is 1. The highest BCUT2D eigenvalue weighted by Crippen LogP contribution is 2.35. The summed E-state index contributed by atoms with van der Waals surface area (Å²) in [5.41, 5.74) is 2.66. The van der Waals surface area contributed by atoms with E-state index < -0.39 is 0 Å². The highest BCUT2D eigenvalue weighted by Gasteiger charge is 2.36. The first-order chi connectivity index (χ1) is 9.69. The van der Waals surface area contributed by atoms with E-state index in [1.807, 2.05) is 0 Å². The van der Waals surface area contributed by atoms with Gasteiger partial charge in [-0.05, 0) is 49.4 Å². The van der Waals surface area contributed by atoms with Gasteiger partial charge in [-0.25, -0.2) is 0 Å². The van der Waals surface area contributed by atoms with Crippen molar-refractivity contribution in [3.8, 4) is 0 Å². The van der Waals surface area contributed by atoms with Gasteiger partial charge in [0.05, 0.1) is 0 Å². The average Bonchev–Trinajstić information content (AvgIpc) is 3.31. The molecular weight excluding hydrogens is 246 g/mol. The molecule has 0 radical (unpaired) electrons. The highest BCUT2D eigenvalue weighted by atomic mass is 15.2. The Hall–Kier alpha value is -1.22. The lowest BCUT2D eigenvalue weighted by atomic mass is 10.0. The summed E-state index contributed by atoms with van der Waals surface area (Å²) < 4.78 is 0. The summed E-state index contributed by atoms with van der Waals surface area (Å²) in [5.74, 6) is 0.927. The van der Waals surface area contributed by atoms with Gasteiger partial charge in [-0.1, -0.05) is 6.92 Å². The maximum atomic E-state index is 3.76. The van der Waals surface area contributed by atoms with E-state index in [4.69, 9.17) is 0 Å². The number of anilines is 2. The SMILES string of the molecule is CCC1CNC(C2CC2)CN1c1ccc(N(C)C)cc1. The third kappa shape index (κ3) is 2.78. The fraction of sp³-hybridized carbons (Fsp3) is 0.647. The van der Waals surface area contributed by atoms with Crippen LogP contribution in [0.2, 0.25) is 0 Å². The van der Waals surface area contributed by atoms with E-state index >= 15 is 0 Å². The van der Waals surface area contributed by atoms with Crippen molar-refractivity contribution < 1.29 is 0 Å². The van der Waals surface area contributed by atoms with Crippen molar-refractivity contribution in [2.24, 2.45) is 5.92 Å². The number of benzene rings is 1. The second-order valence-electron chi connectivity index (χ2n) is 6.48. The van der Waals surface area contributed by atoms with Crippen molar-refractivity contribution in [1.29, 1.82) is 0 Å². The Bertz CT molecular complexity index is 436. The molecule has 2 atom stereocenters. The molecule has 20 heavy (non-hydrogen) atoms. The molecule has 1 heterocycles. The molecule has 0 spiro atoms. The zero-order chi connectivity index (χ0) is 14.1. The molecule has 1 aliphatic heterocycles. The summed E-state index contributed by atoms with van der Waals surface area (Å²) in [6, 6.07) is 10.4. The summed E-state index contributed by atoms with van der Waals surface area (Å²) in [4.78, 5) is 4.78. The van der Waals surface area contributed by atoms with Gasteiger partial charge in [-0.2, -0.15) is 0 Å². The number of hydrogen-bond acceptors (Lipinski definition) is 3. The molecule has 3 heteroatoms. The van der Waals surface area contributed by atoms with E-state index in [-0.39, 0.29) is 0 Å². The minimum absolute atomic E-state index is 0.634. The normalized spacial score (nSPS) is 26.6. The van der Waals surface area contributed by atoms with Crippen LogP contribution in [-0.2, 0) is 0 Å². The van der Waals surface area contributed by atoms with Crippen molar-refractivity contribution in [3.05, 3.63) is 24.3 Å². The van der Waals surface area contributed by atoms with Crippen molar-refractivity contribution in [1.82, 2.24) is 5.32 Å². The zero-order valence-corrected chi connectivity index (χ0v) is 13.0. The lowest BCUT2D eigenvalue weighted by Crippen LogP contribution is -2.57. The maximum Gasteiger partial charge on any atom is 0.0412 e. The van der Waals surface area contributed by atoms with Crippen LogP contribution in [0.1, 0.15) is 26.2 Å². The molecule has 0 aromatic heterocycles. The van der Waals surface area contributed by atoms with E-state index in [0.717, 1.165) is 12.5 Å². The van der Waals surface area contributed by atoms with Gasteiger partial charge in [0.15, 0.2) is 0 Å². The topological polar surface area (TPSA) is 18.5 Å². The van der Waals surface area contributed by atoms with Crippen LogP contribution in [0.15, 0.2) is 24.3 Å². The molecule has 0 amide bonds. The van der Waals surface area contributed by atoms with Crippen LogP contribution in [0, 0.1) is 5.92 Å². The second kappa shape index (κ2) is 5.65. The monoisotopic (exact) mass is 273 g/mol. The van der Waals surface area contributed by atoms with E-state index in [1.165, 1.54) is 37.2 Å². The van der Waals surface area contributed by atoms with E-state index in [2.05, 4.69) is 60.4 Å². The van der Waals surface area contributed by atoms with Crippen LogP contribution < -0.4 is 15.1 Å². The molecule has 1 aliphatic carbocycles. The van der Waals surface area contributed by atoms with Crippen LogP contribution in [0.3, 0.4) is 0 Å². The Morgan fingerprint density at radius 3 is 2.45 bits per heavy atom. The van der Waals surface area contributed by atoms with Crippen LogP contribution in [0.4, 0.5) is 11.4 Å². The molecule has 1 saturated heterocycles. The molecule has 3 rings (SSSR count). The summed E-state index contributed by atoms with van der Waals surface area (Å²) in [7, 11) is 4.19. The lowest BCUT2D eigenvalue weighted by molar-refractivity contribution is 0.360. The molecule has 2 fully saturated rings. The van der Waals surface area contributed by atoms with Gasteiger partial charge in [0.1, 0.15) is 0 Å². The summed E-state index contributed by atoms with van der Waals surface area (Å²) >= 11 is 0. The van der Waals surface area contributed by atoms with Crippen LogP contribution in [-0.4, -0.2) is 39.3 Å². The largest absolute Gasteiger partial charge is 0.378 e. The van der Waals surface area contributed by atoms with Gasteiger partial charge >= 0.3 is 0 Å². The second-order valence-corrected chi connectivity index (χ2v) is 6.48. The van der Waals surface area contributed by atoms with Gasteiger partial charge in [-0.3, -0.25) is 0 Å². The van der Waals surface area contributed by atoms with Crippen molar-refractivity contribution in [3.63, 3.8) is 0 Å². The smallest absolute Gasteiger partial charge is 0.0412 e. The molecule has 1 aromatic rings. The first-order valence-electron chi connectivity index (χ1n) is 7.96. The molecule has 0 bridgehead atoms. The third-order valence-corrected chi connectivity index (χ3v) is 4.81. The highest BCUT2D eigenvalue weighted by molar-refractivity contribution is 5.56. The number of hydrogen-bond donors (Lipinski definition) is 1. The minimum Gasteiger partial charge on any atom is -0.378 e. The predicted molar refractivity (Wildman–Crippen MR) is 86.7 cm³/mol. The van der Waals surface area contributed by atoms with Crippen LogP contribution >= 0.6 is 0 Å². The molecular formula is C17H27N3. The molecule has 2 unspecified atom stereocenters. The Labute approximate surface area is 123 Å². The van der Waals surface area contributed by atoms with E-state index in [9.17, 15) is 0 Å². The van der Waals surface area contributed by atoms with Crippen molar-refractivity contribution in [2.45, 2.75) is 38.3 Å². The zero-order valence-electron chi connectivity index (χ0n) is 13.0. The standard InChI is InChI=1S/C17H27N3/c1-4-14-11-18-17(13-5-6-13)12-20(14)16-9-7-15(8-10-16)19(2)3/h7-10,13-14,17-18H,4-6,11-12H2,1-3H3. The molecule has 110 valence electrons. The lowest BCUT2D eigenvalue weighted by Gasteiger charge is -2.42. The molecule has 1 aromatic carbocycles. The van der Waals surface area contributed by atoms with Gasteiger partial charge in [0, 0.05) is 50.6 Å². The molecule has 1 saturated carbocycles. The quantitative estimate of drug-likeness (QED) is 0.910. The number of nitrogens with one attached hydrogen (secondary N) is 1. The van der Waals surface area contributed by atoms with Crippen molar-refractivity contribution in [2.75, 3.05) is 37.0 Å². The van der Waals surface area contributed by atoms with Gasteiger partial charge in [0.25, 0.3) is 0 Å². The van der Waals surface area contributed by atoms with Gasteiger partial charge in [0.2, 0.25) is 0 Å². The minimum atomic E-state index is 0.634. The molecule has 3 nitrogen and oxygen atoms in total. The predicted octanol–water partition coefficient (Wildman–Crippen LogP) is 2.72. The van der Waals surface area contributed by atoms with Crippen molar-refractivity contribution >= 4 is 11.4 Å². The Morgan fingerprint density at radius 1 is 1.20 bits per heavy atom. The molecule has 1 N–H and O–H groups in total. The number of nitrogens with zero attached hydrogens (tertiary/aromatic N) is 2. The van der Waals surface area contributed by atoms with Crippen LogP contribution in [0.25, 0.3) is 0 Å². The Morgan fingerprint density at radius 2 is 1.90 bits per heavy atom. The first kappa shape index (κ1) is 13.7. The first-order valence-corrected chi connectivity index (χ1v) is 7.96. The van der Waals surface area contributed by atoms with Gasteiger partial charge < -0.3 is 15.1 Å². The fourth-order valence-electron chi connectivity index (χ4n) is 3.26. The number of rotatable bonds is 4. The Balaban J connectivity index is 1.76. The van der Waals surface area contributed by atoms with Crippen LogP contribution in [0.5, 0.6) is 0 Å². The maximum absolute atomic E-state index is 3.76. The van der Waals surface area contributed by atoms with E-state index in [1.54, 1.807) is 0 Å². The average molecular weight is 273 g/mol. The summed E-state index contributed by atoms with van der Waals surface area (Å²) in [6.45, 7) is 4.60. The summed E-state index contributed by atoms with van der Waals surface area (Å²) in [5, 5.41) is 3.76. The summed E-state index contributed by atoms with van der Waals surface area (Å²) in [6.07, 6.45) is 4.05. The molecule has 2 aliphatic rings. The fourth-order valence-corrected chi connectivity index (χ4v) is 3.26. The van der Waals surface area contributed by atoms with Gasteiger partial charge in [-0.15, -0.1) is 0 Å². The Kier molecular flexibility index (Phi) is 3.88. The van der Waals surface area contributed by atoms with E-state index in [0.29, 0.717) is 12.1 Å².